The maximum Gasteiger partial charge on any atom is 0.195 e. The summed E-state index contributed by atoms with van der Waals surface area (Å²) < 4.78 is 18.1. The van der Waals surface area contributed by atoms with Gasteiger partial charge in [0, 0.05) is 18.7 Å². The summed E-state index contributed by atoms with van der Waals surface area (Å²) in [6.45, 7) is 12.3. The molecule has 1 N–H and O–H groups in total. The predicted octanol–water partition coefficient (Wildman–Crippen LogP) is 4.34. The topological polar surface area (TPSA) is 46.5 Å². The molecule has 0 fully saturated rings. The molecule has 0 saturated heterocycles. The van der Waals surface area contributed by atoms with Gasteiger partial charge in [-0.2, -0.15) is 0 Å². The molecular weight excluding hydrogens is 317 g/mol. The summed E-state index contributed by atoms with van der Waals surface area (Å²) in [6, 6.07) is 3.61. The third-order valence-corrected chi connectivity index (χ3v) is 3.61. The summed E-state index contributed by atoms with van der Waals surface area (Å²) in [7, 11) is 1.86. The van der Waals surface area contributed by atoms with Gasteiger partial charge in [-0.15, -0.1) is 0 Å². The predicted molar refractivity (Wildman–Crippen MR) is 103 cm³/mol. The number of nitrogens with zero attached hydrogens (tertiary/aromatic N) is 2. The van der Waals surface area contributed by atoms with E-state index in [-0.39, 0.29) is 12.1 Å². The normalized spacial score (nSPS) is 14.6. The summed E-state index contributed by atoms with van der Waals surface area (Å²) in [5, 5.41) is 3.01. The lowest BCUT2D eigenvalue weighted by molar-refractivity contribution is 0.168. The summed E-state index contributed by atoms with van der Waals surface area (Å²) in [4.78, 5) is 8.82. The van der Waals surface area contributed by atoms with Crippen LogP contribution in [-0.4, -0.2) is 31.0 Å². The molecule has 0 spiro atoms. The minimum atomic E-state index is -0.373. The van der Waals surface area contributed by atoms with Gasteiger partial charge in [0.2, 0.25) is 0 Å². The van der Waals surface area contributed by atoms with Gasteiger partial charge in [-0.25, -0.2) is 4.39 Å². The first kappa shape index (κ1) is 20.5. The molecule has 0 radical (unpaired) electrons. The number of rotatable bonds is 10. The molecule has 0 aromatic carbocycles. The Morgan fingerprint density at radius 1 is 1.48 bits per heavy atom. The molecule has 25 heavy (non-hydrogen) atoms. The standard InChI is InChI=1S/C20H26FN3O/c1-6-17(8-7-11-21)19-10-9-18(14-24-19)25-20(16(4)15(2)3)23-13-12-22-5/h6-11,13-14,16,20,22H,1-2,12H2,3-5H3/b11-7+,17-8+,23-13?. The number of pyridine rings is 1. The van der Waals surface area contributed by atoms with E-state index in [0.29, 0.717) is 24.3 Å². The number of aliphatic imine (C=N–C) groups is 1. The van der Waals surface area contributed by atoms with Crippen molar-refractivity contribution >= 4 is 11.8 Å². The first-order chi connectivity index (χ1) is 12.0. The van der Waals surface area contributed by atoms with E-state index in [1.807, 2.05) is 27.0 Å². The van der Waals surface area contributed by atoms with Crippen molar-refractivity contribution in [2.75, 3.05) is 13.6 Å². The molecule has 0 aliphatic rings. The lowest BCUT2D eigenvalue weighted by Gasteiger charge is -2.22. The molecule has 0 amide bonds. The summed E-state index contributed by atoms with van der Waals surface area (Å²) in [5.74, 6) is 0.666. The molecule has 0 bridgehead atoms. The molecule has 0 saturated carbocycles. The fraction of sp³-hybridized carbons (Fsp3) is 0.300. The van der Waals surface area contributed by atoms with Crippen LogP contribution in [0.1, 0.15) is 19.5 Å². The van der Waals surface area contributed by atoms with E-state index in [0.717, 1.165) is 11.1 Å². The molecule has 4 nitrogen and oxygen atoms in total. The highest BCUT2D eigenvalue weighted by Crippen LogP contribution is 2.22. The number of nitrogens with one attached hydrogen (secondary N) is 1. The minimum absolute atomic E-state index is 0.0612. The Labute approximate surface area is 149 Å². The van der Waals surface area contributed by atoms with Crippen LogP contribution in [0.2, 0.25) is 0 Å². The molecule has 5 heteroatoms. The first-order valence-corrected chi connectivity index (χ1v) is 8.07. The van der Waals surface area contributed by atoms with Crippen molar-refractivity contribution in [2.45, 2.75) is 20.1 Å². The zero-order valence-electron chi connectivity index (χ0n) is 15.1. The number of halogens is 1. The Kier molecular flexibility index (Phi) is 9.11. The zero-order valence-corrected chi connectivity index (χ0v) is 15.1. The third kappa shape index (κ3) is 6.85. The van der Waals surface area contributed by atoms with Crippen molar-refractivity contribution in [3.05, 3.63) is 67.3 Å². The quantitative estimate of drug-likeness (QED) is 0.390. The van der Waals surface area contributed by atoms with Crippen molar-refractivity contribution in [3.63, 3.8) is 0 Å². The van der Waals surface area contributed by atoms with Gasteiger partial charge in [0.05, 0.1) is 18.2 Å². The monoisotopic (exact) mass is 343 g/mol. The van der Waals surface area contributed by atoms with Crippen LogP contribution in [0.5, 0.6) is 5.75 Å². The van der Waals surface area contributed by atoms with E-state index in [2.05, 4.69) is 28.5 Å². The first-order valence-electron chi connectivity index (χ1n) is 8.07. The molecule has 0 aliphatic heterocycles. The van der Waals surface area contributed by atoms with Crippen LogP contribution < -0.4 is 10.1 Å². The number of aromatic nitrogens is 1. The fourth-order valence-corrected chi connectivity index (χ4v) is 1.91. The van der Waals surface area contributed by atoms with Crippen molar-refractivity contribution in [3.8, 4) is 5.75 Å². The minimum Gasteiger partial charge on any atom is -0.467 e. The Morgan fingerprint density at radius 3 is 2.76 bits per heavy atom. The summed E-state index contributed by atoms with van der Waals surface area (Å²) >= 11 is 0. The second kappa shape index (κ2) is 11.1. The molecular formula is C20H26FN3O. The van der Waals surface area contributed by atoms with E-state index in [4.69, 9.17) is 4.74 Å². The van der Waals surface area contributed by atoms with Gasteiger partial charge in [0.25, 0.3) is 0 Å². The highest BCUT2D eigenvalue weighted by Gasteiger charge is 2.18. The van der Waals surface area contributed by atoms with Crippen LogP contribution in [0.25, 0.3) is 5.57 Å². The number of hydrogen-bond acceptors (Lipinski definition) is 4. The van der Waals surface area contributed by atoms with Crippen LogP contribution in [-0.2, 0) is 0 Å². The average Bonchev–Trinajstić information content (AvgIpc) is 2.62. The number of hydrogen-bond donors (Lipinski definition) is 1. The van der Waals surface area contributed by atoms with E-state index >= 15 is 0 Å². The van der Waals surface area contributed by atoms with Gasteiger partial charge in [0.15, 0.2) is 6.23 Å². The van der Waals surface area contributed by atoms with Crippen LogP contribution in [0.3, 0.4) is 0 Å². The van der Waals surface area contributed by atoms with Crippen LogP contribution in [0.4, 0.5) is 4.39 Å². The molecule has 134 valence electrons. The van der Waals surface area contributed by atoms with Crippen molar-refractivity contribution in [1.82, 2.24) is 10.3 Å². The van der Waals surface area contributed by atoms with Crippen LogP contribution in [0.15, 0.2) is 66.6 Å². The highest BCUT2D eigenvalue weighted by molar-refractivity contribution is 5.72. The van der Waals surface area contributed by atoms with Crippen molar-refractivity contribution in [1.29, 1.82) is 0 Å². The van der Waals surface area contributed by atoms with Crippen molar-refractivity contribution < 1.29 is 9.13 Å². The number of ether oxygens (including phenoxy) is 1. The SMILES string of the molecule is C=C/C(=C\C=C\F)c1ccc(OC(N=CCNC)C(C)C(=C)C)cn1. The molecule has 1 heterocycles. The zero-order chi connectivity index (χ0) is 18.7. The van der Waals surface area contributed by atoms with Gasteiger partial charge < -0.3 is 10.1 Å². The van der Waals surface area contributed by atoms with Gasteiger partial charge in [-0.05, 0) is 37.8 Å². The molecule has 2 unspecified atom stereocenters. The van der Waals surface area contributed by atoms with Gasteiger partial charge in [-0.3, -0.25) is 9.98 Å². The van der Waals surface area contributed by atoms with E-state index in [9.17, 15) is 4.39 Å². The van der Waals surface area contributed by atoms with E-state index in [1.54, 1.807) is 30.6 Å². The van der Waals surface area contributed by atoms with E-state index < -0.39 is 0 Å². The molecule has 2 atom stereocenters. The molecule has 1 aromatic heterocycles. The maximum absolute atomic E-state index is 12.2. The molecule has 0 aliphatic carbocycles. The fourth-order valence-electron chi connectivity index (χ4n) is 1.91. The average molecular weight is 343 g/mol. The second-order valence-corrected chi connectivity index (χ2v) is 5.56. The van der Waals surface area contributed by atoms with Gasteiger partial charge in [-0.1, -0.05) is 37.8 Å². The Morgan fingerprint density at radius 2 is 2.24 bits per heavy atom. The Bertz CT molecular complexity index is 647. The van der Waals surface area contributed by atoms with E-state index in [1.165, 1.54) is 6.08 Å². The Hall–Kier alpha value is -2.53. The lowest BCUT2D eigenvalue weighted by atomic mass is 10.0. The summed E-state index contributed by atoms with van der Waals surface area (Å²) in [5.41, 5.74) is 2.40. The van der Waals surface area contributed by atoms with Crippen LogP contribution in [0, 0.1) is 5.92 Å². The number of allylic oxidation sites excluding steroid dienone is 4. The van der Waals surface area contributed by atoms with Crippen LogP contribution >= 0.6 is 0 Å². The smallest absolute Gasteiger partial charge is 0.195 e. The van der Waals surface area contributed by atoms with Gasteiger partial charge in [0.1, 0.15) is 5.75 Å². The largest absolute Gasteiger partial charge is 0.467 e. The van der Waals surface area contributed by atoms with Crippen molar-refractivity contribution in [2.24, 2.45) is 10.9 Å². The van der Waals surface area contributed by atoms with Gasteiger partial charge >= 0.3 is 0 Å². The lowest BCUT2D eigenvalue weighted by Crippen LogP contribution is -2.25. The molecule has 1 rings (SSSR count). The second-order valence-electron chi connectivity index (χ2n) is 5.56. The molecule has 1 aromatic rings. The highest BCUT2D eigenvalue weighted by atomic mass is 19.1. The summed E-state index contributed by atoms with van der Waals surface area (Å²) in [6.07, 6.45) is 8.02. The Balaban J connectivity index is 2.94. The third-order valence-electron chi connectivity index (χ3n) is 3.61. The maximum atomic E-state index is 12.2.